The van der Waals surface area contributed by atoms with E-state index in [4.69, 9.17) is 4.74 Å². The van der Waals surface area contributed by atoms with E-state index in [-0.39, 0.29) is 24.2 Å². The van der Waals surface area contributed by atoms with Gasteiger partial charge in [-0.1, -0.05) is 36.4 Å². The van der Waals surface area contributed by atoms with E-state index < -0.39 is 13.1 Å². The van der Waals surface area contributed by atoms with Crippen molar-refractivity contribution in [3.63, 3.8) is 0 Å². The Morgan fingerprint density at radius 2 is 1.97 bits per heavy atom. The third kappa shape index (κ3) is 4.78. The van der Waals surface area contributed by atoms with Gasteiger partial charge in [0.1, 0.15) is 5.75 Å². The maximum atomic E-state index is 12.6. The van der Waals surface area contributed by atoms with Crippen LogP contribution in [-0.2, 0) is 11.2 Å². The number of rotatable bonds is 7. The number of carbonyl (C=O) groups is 2. The van der Waals surface area contributed by atoms with Crippen LogP contribution in [0.4, 0.5) is 0 Å². The van der Waals surface area contributed by atoms with Crippen molar-refractivity contribution in [2.24, 2.45) is 0 Å². The van der Waals surface area contributed by atoms with Crippen LogP contribution in [0.2, 0.25) is 0 Å². The van der Waals surface area contributed by atoms with Crippen LogP contribution < -0.4 is 15.4 Å². The molecule has 0 bridgehead atoms. The fraction of sp³-hybridized carbons (Fsp3) is 0.333. The molecule has 1 unspecified atom stereocenters. The molecule has 0 radical (unpaired) electrons. The summed E-state index contributed by atoms with van der Waals surface area (Å²) in [6.45, 7) is 2.39. The fourth-order valence-electron chi connectivity index (χ4n) is 3.69. The van der Waals surface area contributed by atoms with Crippen molar-refractivity contribution in [3.05, 3.63) is 64.7 Å². The van der Waals surface area contributed by atoms with Gasteiger partial charge in [0, 0.05) is 24.1 Å². The van der Waals surface area contributed by atoms with Crippen LogP contribution in [0.3, 0.4) is 0 Å². The van der Waals surface area contributed by atoms with Gasteiger partial charge in [-0.15, -0.1) is 0 Å². The maximum absolute atomic E-state index is 12.6. The Balaban J connectivity index is 1.69. The quantitative estimate of drug-likeness (QED) is 0.522. The van der Waals surface area contributed by atoms with E-state index in [1.54, 1.807) is 24.3 Å². The molecule has 1 aliphatic rings. The molecule has 2 aromatic carbocycles. The second-order valence-corrected chi connectivity index (χ2v) is 7.24. The zero-order valence-electron chi connectivity index (χ0n) is 16.5. The molecule has 1 aliphatic heterocycles. The largest absolute Gasteiger partial charge is 0.492 e. The molecular formula is C21H25BN2O5. The zero-order valence-corrected chi connectivity index (χ0v) is 16.5. The molecule has 2 atom stereocenters. The molecule has 2 amide bonds. The van der Waals surface area contributed by atoms with Gasteiger partial charge in [-0.25, -0.2) is 0 Å². The molecule has 1 heterocycles. The Morgan fingerprint density at radius 3 is 2.69 bits per heavy atom. The molecule has 0 fully saturated rings. The number of hydrogen-bond donors (Lipinski definition) is 4. The summed E-state index contributed by atoms with van der Waals surface area (Å²) in [6, 6.07) is 12.7. The summed E-state index contributed by atoms with van der Waals surface area (Å²) in [5.74, 6) is -0.732. The molecule has 152 valence electrons. The first-order valence-corrected chi connectivity index (χ1v) is 9.58. The fourth-order valence-corrected chi connectivity index (χ4v) is 3.69. The van der Waals surface area contributed by atoms with Gasteiger partial charge >= 0.3 is 7.12 Å². The summed E-state index contributed by atoms with van der Waals surface area (Å²) in [6.07, 6.45) is 0.292. The number of benzene rings is 2. The number of amides is 2. The number of para-hydroxylation sites is 1. The third-order valence-electron chi connectivity index (χ3n) is 5.20. The van der Waals surface area contributed by atoms with E-state index in [1.165, 1.54) is 7.05 Å². The topological polar surface area (TPSA) is 108 Å². The van der Waals surface area contributed by atoms with Crippen LogP contribution in [-0.4, -0.2) is 48.6 Å². The number of carbonyl (C=O) groups excluding carboxylic acids is 2. The summed E-state index contributed by atoms with van der Waals surface area (Å²) in [5, 5.41) is 24.9. The van der Waals surface area contributed by atoms with Crippen molar-refractivity contribution in [1.82, 2.24) is 10.6 Å². The van der Waals surface area contributed by atoms with Crippen LogP contribution in [0.1, 0.15) is 39.4 Å². The number of ether oxygens (including phenoxy) is 1. The molecule has 0 aliphatic carbocycles. The van der Waals surface area contributed by atoms with Gasteiger partial charge < -0.3 is 25.4 Å². The first-order chi connectivity index (χ1) is 13.9. The molecule has 0 spiro atoms. The Hall–Kier alpha value is -2.84. The molecule has 7 nitrogen and oxygen atoms in total. The Labute approximate surface area is 170 Å². The Bertz CT molecular complexity index is 902. The van der Waals surface area contributed by atoms with Gasteiger partial charge in [-0.2, -0.15) is 0 Å². The minimum atomic E-state index is -1.71. The second-order valence-electron chi connectivity index (χ2n) is 7.24. The molecule has 0 aromatic heterocycles. The van der Waals surface area contributed by atoms with Crippen molar-refractivity contribution in [2.75, 3.05) is 13.7 Å². The normalized spacial score (nSPS) is 15.8. The highest BCUT2D eigenvalue weighted by Gasteiger charge is 2.33. The molecule has 2 aromatic rings. The van der Waals surface area contributed by atoms with E-state index in [0.29, 0.717) is 24.2 Å². The molecule has 4 N–H and O–H groups in total. The molecule has 0 saturated heterocycles. The minimum Gasteiger partial charge on any atom is -0.492 e. The van der Waals surface area contributed by atoms with Crippen molar-refractivity contribution < 1.29 is 24.4 Å². The number of fused-ring (bicyclic) bond motifs is 1. The predicted octanol–water partition coefficient (Wildman–Crippen LogP) is 0.960. The number of hydrogen-bond acceptors (Lipinski definition) is 5. The average molecular weight is 396 g/mol. The molecule has 29 heavy (non-hydrogen) atoms. The Kier molecular flexibility index (Phi) is 6.56. The summed E-state index contributed by atoms with van der Waals surface area (Å²) < 4.78 is 5.76. The van der Waals surface area contributed by atoms with Crippen LogP contribution in [0.5, 0.6) is 5.75 Å². The predicted molar refractivity (Wildman–Crippen MR) is 110 cm³/mol. The average Bonchev–Trinajstić information content (AvgIpc) is 3.11. The standard InChI is InChI=1S/C21H25BN2O5/c1-13-6-5-9-16-15(12-29-20(13)16)10-18(22(27)28)24-19(25)11-14-7-3-4-8-17(14)21(26)23-2/h3-9,15,18,27-28H,10-12H2,1-2H3,(H,23,26)(H,24,25)/t15?,18-/m0/s1. The highest BCUT2D eigenvalue weighted by atomic mass is 16.5. The second kappa shape index (κ2) is 9.11. The van der Waals surface area contributed by atoms with Gasteiger partial charge in [-0.3, -0.25) is 9.59 Å². The summed E-state index contributed by atoms with van der Waals surface area (Å²) in [5.41, 5.74) is 3.02. The first-order valence-electron chi connectivity index (χ1n) is 9.58. The lowest BCUT2D eigenvalue weighted by Crippen LogP contribution is -2.48. The van der Waals surface area contributed by atoms with Crippen molar-refractivity contribution in [2.45, 2.75) is 31.6 Å². The van der Waals surface area contributed by atoms with Gasteiger partial charge in [-0.05, 0) is 30.5 Å². The third-order valence-corrected chi connectivity index (χ3v) is 5.20. The van der Waals surface area contributed by atoms with E-state index in [2.05, 4.69) is 10.6 Å². The lowest BCUT2D eigenvalue weighted by atomic mass is 9.73. The van der Waals surface area contributed by atoms with E-state index in [1.807, 2.05) is 25.1 Å². The molecular weight excluding hydrogens is 371 g/mol. The smallest absolute Gasteiger partial charge is 0.475 e. The lowest BCUT2D eigenvalue weighted by Gasteiger charge is -2.21. The van der Waals surface area contributed by atoms with Gasteiger partial charge in [0.2, 0.25) is 5.91 Å². The van der Waals surface area contributed by atoms with Crippen molar-refractivity contribution >= 4 is 18.9 Å². The van der Waals surface area contributed by atoms with E-state index in [9.17, 15) is 19.6 Å². The first kappa shape index (κ1) is 20.9. The van der Waals surface area contributed by atoms with Crippen LogP contribution >= 0.6 is 0 Å². The highest BCUT2D eigenvalue weighted by molar-refractivity contribution is 6.43. The Morgan fingerprint density at radius 1 is 1.21 bits per heavy atom. The summed E-state index contributed by atoms with van der Waals surface area (Å²) in [7, 11) is -0.178. The van der Waals surface area contributed by atoms with Crippen molar-refractivity contribution in [3.8, 4) is 5.75 Å². The van der Waals surface area contributed by atoms with Gasteiger partial charge in [0.15, 0.2) is 0 Å². The monoisotopic (exact) mass is 396 g/mol. The molecule has 0 saturated carbocycles. The van der Waals surface area contributed by atoms with E-state index in [0.717, 1.165) is 16.9 Å². The highest BCUT2D eigenvalue weighted by Crippen LogP contribution is 2.38. The van der Waals surface area contributed by atoms with Gasteiger partial charge in [0.05, 0.1) is 19.0 Å². The minimum absolute atomic E-state index is 0.0380. The van der Waals surface area contributed by atoms with Crippen molar-refractivity contribution in [1.29, 1.82) is 0 Å². The summed E-state index contributed by atoms with van der Waals surface area (Å²) in [4.78, 5) is 24.6. The molecule has 3 rings (SSSR count). The number of aryl methyl sites for hydroxylation is 1. The van der Waals surface area contributed by atoms with Crippen LogP contribution in [0.25, 0.3) is 0 Å². The number of nitrogens with one attached hydrogen (secondary N) is 2. The van der Waals surface area contributed by atoms with E-state index >= 15 is 0 Å². The zero-order chi connectivity index (χ0) is 21.0. The SMILES string of the molecule is CNC(=O)c1ccccc1CC(=O)N[C@@H](CC1COc2c(C)cccc21)B(O)O. The maximum Gasteiger partial charge on any atom is 0.475 e. The summed E-state index contributed by atoms with van der Waals surface area (Å²) >= 11 is 0. The van der Waals surface area contributed by atoms with Crippen LogP contribution in [0, 0.1) is 6.92 Å². The lowest BCUT2D eigenvalue weighted by molar-refractivity contribution is -0.120. The van der Waals surface area contributed by atoms with Crippen LogP contribution in [0.15, 0.2) is 42.5 Å². The molecule has 8 heteroatoms. The van der Waals surface area contributed by atoms with Gasteiger partial charge in [0.25, 0.3) is 5.91 Å².